The quantitative estimate of drug-likeness (QED) is 0.709. The van der Waals surface area contributed by atoms with Crippen molar-refractivity contribution in [2.45, 2.75) is 32.4 Å². The lowest BCUT2D eigenvalue weighted by Gasteiger charge is -2.22. The van der Waals surface area contributed by atoms with E-state index in [2.05, 4.69) is 0 Å². The monoisotopic (exact) mass is 243 g/mol. The van der Waals surface area contributed by atoms with Gasteiger partial charge >= 0.3 is 12.0 Å². The molecule has 0 aromatic heterocycles. The number of ether oxygens (including phenoxy) is 1. The highest BCUT2D eigenvalue weighted by atomic mass is 16.6. The largest absolute Gasteiger partial charge is 0.459 e. The van der Waals surface area contributed by atoms with Crippen molar-refractivity contribution in [1.82, 2.24) is 9.80 Å². The predicted molar refractivity (Wildman–Crippen MR) is 63.4 cm³/mol. The molecule has 0 aliphatic carbocycles. The van der Waals surface area contributed by atoms with Crippen LogP contribution in [0.15, 0.2) is 0 Å². The van der Waals surface area contributed by atoms with Gasteiger partial charge in [0.2, 0.25) is 0 Å². The van der Waals surface area contributed by atoms with Gasteiger partial charge in [-0.15, -0.1) is 0 Å². The minimum atomic E-state index is -0.529. The number of rotatable bonds is 3. The maximum Gasteiger partial charge on any atom is 0.326 e. The first kappa shape index (κ1) is 13.8. The van der Waals surface area contributed by atoms with Crippen LogP contribution in [0.5, 0.6) is 0 Å². The van der Waals surface area contributed by atoms with Crippen molar-refractivity contribution in [1.29, 1.82) is 0 Å². The molecule has 0 bridgehead atoms. The van der Waals surface area contributed by atoms with Gasteiger partial charge in [0.15, 0.2) is 0 Å². The van der Waals surface area contributed by atoms with E-state index in [0.717, 1.165) is 0 Å². The second kappa shape index (κ2) is 4.91. The molecule has 1 saturated heterocycles. The van der Waals surface area contributed by atoms with Crippen LogP contribution in [0.4, 0.5) is 4.79 Å². The number of nitrogens with two attached hydrogens (primary N) is 1. The summed E-state index contributed by atoms with van der Waals surface area (Å²) in [5, 5.41) is 0. The molecule has 0 saturated carbocycles. The van der Waals surface area contributed by atoms with Gasteiger partial charge in [-0.05, 0) is 20.8 Å². The van der Waals surface area contributed by atoms with E-state index in [-0.39, 0.29) is 18.6 Å². The molecule has 1 unspecified atom stereocenters. The zero-order valence-electron chi connectivity index (χ0n) is 10.9. The van der Waals surface area contributed by atoms with E-state index in [9.17, 15) is 9.59 Å². The lowest BCUT2D eigenvalue weighted by Crippen LogP contribution is -2.37. The lowest BCUT2D eigenvalue weighted by atomic mass is 10.2. The maximum atomic E-state index is 11.8. The van der Waals surface area contributed by atoms with Gasteiger partial charge in [-0.1, -0.05) is 0 Å². The van der Waals surface area contributed by atoms with Gasteiger partial charge in [0.25, 0.3) is 0 Å². The Morgan fingerprint density at radius 1 is 1.53 bits per heavy atom. The van der Waals surface area contributed by atoms with Crippen LogP contribution < -0.4 is 5.73 Å². The topological polar surface area (TPSA) is 75.9 Å². The third kappa shape index (κ3) is 3.59. The number of carbonyl (C=O) groups excluding carboxylic acids is 2. The molecule has 6 heteroatoms. The number of carbonyl (C=O) groups is 2. The Kier molecular flexibility index (Phi) is 3.98. The van der Waals surface area contributed by atoms with E-state index in [1.165, 1.54) is 4.90 Å². The summed E-state index contributed by atoms with van der Waals surface area (Å²) in [6.45, 7) is 6.25. The fraction of sp³-hybridized carbons (Fsp3) is 0.818. The average molecular weight is 243 g/mol. The molecule has 1 aliphatic rings. The Morgan fingerprint density at radius 3 is 2.53 bits per heavy atom. The van der Waals surface area contributed by atoms with Crippen molar-refractivity contribution in [3.63, 3.8) is 0 Å². The predicted octanol–water partition coefficient (Wildman–Crippen LogP) is 0.0228. The van der Waals surface area contributed by atoms with Crippen LogP contribution in [0.3, 0.4) is 0 Å². The van der Waals surface area contributed by atoms with Crippen LogP contribution >= 0.6 is 0 Å². The number of urea groups is 1. The highest BCUT2D eigenvalue weighted by molar-refractivity contribution is 5.82. The second-order valence-electron chi connectivity index (χ2n) is 5.25. The number of amides is 2. The molecular formula is C11H21N3O3. The minimum Gasteiger partial charge on any atom is -0.459 e. The van der Waals surface area contributed by atoms with Crippen molar-refractivity contribution >= 4 is 12.0 Å². The Bertz CT molecular complexity index is 312. The number of hydrogen-bond acceptors (Lipinski definition) is 4. The fourth-order valence-corrected chi connectivity index (χ4v) is 1.73. The number of nitrogens with zero attached hydrogens (tertiary/aromatic N) is 2. The molecule has 0 aromatic rings. The normalized spacial score (nSPS) is 21.0. The summed E-state index contributed by atoms with van der Waals surface area (Å²) < 4.78 is 5.17. The summed E-state index contributed by atoms with van der Waals surface area (Å²) >= 11 is 0. The van der Waals surface area contributed by atoms with Crippen molar-refractivity contribution in [3.05, 3.63) is 0 Å². The molecular weight excluding hydrogens is 222 g/mol. The Labute approximate surface area is 102 Å². The summed E-state index contributed by atoms with van der Waals surface area (Å²) in [6, 6.07) is -0.198. The first-order valence-corrected chi connectivity index (χ1v) is 5.68. The van der Waals surface area contributed by atoms with Crippen molar-refractivity contribution in [2.24, 2.45) is 5.73 Å². The summed E-state index contributed by atoms with van der Waals surface area (Å²) in [6.07, 6.45) is 0. The van der Waals surface area contributed by atoms with Crippen LogP contribution in [-0.2, 0) is 9.53 Å². The van der Waals surface area contributed by atoms with Crippen LogP contribution in [0.25, 0.3) is 0 Å². The first-order valence-electron chi connectivity index (χ1n) is 5.68. The van der Waals surface area contributed by atoms with Gasteiger partial charge in [-0.3, -0.25) is 4.79 Å². The summed E-state index contributed by atoms with van der Waals surface area (Å²) in [4.78, 5) is 26.4. The summed E-state index contributed by atoms with van der Waals surface area (Å²) in [7, 11) is 1.69. The molecule has 0 aromatic carbocycles. The standard InChI is InChI=1S/C11H21N3O3/c1-11(2,3)17-9(15)7-14-6-8(5-12)13(4)10(14)16/h8H,5-7,12H2,1-4H3. The van der Waals surface area contributed by atoms with Crippen LogP contribution in [0.2, 0.25) is 0 Å². The number of hydrogen-bond donors (Lipinski definition) is 1. The Morgan fingerprint density at radius 2 is 2.12 bits per heavy atom. The van der Waals surface area contributed by atoms with Gasteiger partial charge in [0.05, 0.1) is 6.04 Å². The Hall–Kier alpha value is -1.30. The molecule has 1 fully saturated rings. The molecule has 6 nitrogen and oxygen atoms in total. The molecule has 17 heavy (non-hydrogen) atoms. The van der Waals surface area contributed by atoms with Crippen molar-refractivity contribution < 1.29 is 14.3 Å². The zero-order valence-corrected chi connectivity index (χ0v) is 10.9. The fourth-order valence-electron chi connectivity index (χ4n) is 1.73. The summed E-state index contributed by atoms with van der Waals surface area (Å²) in [5.41, 5.74) is 5.02. The van der Waals surface area contributed by atoms with Crippen LogP contribution in [-0.4, -0.2) is 60.1 Å². The van der Waals surface area contributed by atoms with Crippen LogP contribution in [0, 0.1) is 0 Å². The van der Waals surface area contributed by atoms with E-state index < -0.39 is 11.6 Å². The van der Waals surface area contributed by atoms with Gasteiger partial charge in [0, 0.05) is 20.1 Å². The second-order valence-corrected chi connectivity index (χ2v) is 5.25. The van der Waals surface area contributed by atoms with Gasteiger partial charge in [-0.2, -0.15) is 0 Å². The molecule has 2 N–H and O–H groups in total. The highest BCUT2D eigenvalue weighted by Crippen LogP contribution is 2.14. The van der Waals surface area contributed by atoms with E-state index in [0.29, 0.717) is 13.1 Å². The Balaban J connectivity index is 2.53. The molecule has 0 radical (unpaired) electrons. The molecule has 1 rings (SSSR count). The number of likely N-dealkylation sites (N-methyl/N-ethyl adjacent to an activating group) is 1. The van der Waals surface area contributed by atoms with Gasteiger partial charge in [-0.25, -0.2) is 4.79 Å². The van der Waals surface area contributed by atoms with E-state index in [4.69, 9.17) is 10.5 Å². The van der Waals surface area contributed by atoms with E-state index in [1.54, 1.807) is 32.7 Å². The molecule has 1 aliphatic heterocycles. The smallest absolute Gasteiger partial charge is 0.326 e. The van der Waals surface area contributed by atoms with E-state index in [1.807, 2.05) is 0 Å². The minimum absolute atomic E-state index is 0.0169. The molecule has 1 atom stereocenters. The zero-order chi connectivity index (χ0) is 13.2. The third-order valence-corrected chi connectivity index (χ3v) is 2.56. The highest BCUT2D eigenvalue weighted by Gasteiger charge is 2.35. The summed E-state index contributed by atoms with van der Waals surface area (Å²) in [5.74, 6) is -0.392. The molecule has 2 amide bonds. The van der Waals surface area contributed by atoms with Gasteiger partial charge in [0.1, 0.15) is 12.1 Å². The molecule has 98 valence electrons. The maximum absolute atomic E-state index is 11.8. The average Bonchev–Trinajstić information content (AvgIpc) is 2.43. The third-order valence-electron chi connectivity index (χ3n) is 2.56. The van der Waals surface area contributed by atoms with Gasteiger partial charge < -0.3 is 20.3 Å². The number of esters is 1. The van der Waals surface area contributed by atoms with Crippen molar-refractivity contribution in [3.8, 4) is 0 Å². The first-order chi connectivity index (χ1) is 7.74. The van der Waals surface area contributed by atoms with Crippen LogP contribution in [0.1, 0.15) is 20.8 Å². The van der Waals surface area contributed by atoms with E-state index >= 15 is 0 Å². The molecule has 1 heterocycles. The molecule has 0 spiro atoms. The lowest BCUT2D eigenvalue weighted by molar-refractivity contribution is -0.155. The SMILES string of the molecule is CN1C(=O)N(CC(=O)OC(C)(C)C)CC1CN. The van der Waals surface area contributed by atoms with Crippen molar-refractivity contribution in [2.75, 3.05) is 26.7 Å².